The largest absolute Gasteiger partial charge is 0.303 e. The number of nitrogens with zero attached hydrogens (tertiary/aromatic N) is 1. The summed E-state index contributed by atoms with van der Waals surface area (Å²) in [6, 6.07) is 0. The third-order valence-electron chi connectivity index (χ3n) is 1.27. The second-order valence-electron chi connectivity index (χ2n) is 3.11. The molecule has 3 nitrogen and oxygen atoms in total. The van der Waals surface area contributed by atoms with E-state index in [1.165, 1.54) is 0 Å². The molecule has 0 N–H and O–H groups in total. The van der Waals surface area contributed by atoms with E-state index in [0.29, 0.717) is 6.42 Å². The van der Waals surface area contributed by atoms with Gasteiger partial charge in [-0.3, -0.25) is 4.79 Å². The lowest BCUT2D eigenvalue weighted by Crippen LogP contribution is -2.17. The number of amides is 1. The summed E-state index contributed by atoms with van der Waals surface area (Å²) in [6.07, 6.45) is 1.11. The van der Waals surface area contributed by atoms with E-state index < -0.39 is 11.3 Å². The Morgan fingerprint density at radius 3 is 2.40 bits per heavy atom. The van der Waals surface area contributed by atoms with Crippen molar-refractivity contribution in [3.8, 4) is 0 Å². The first-order valence-electron chi connectivity index (χ1n) is 3.13. The van der Waals surface area contributed by atoms with E-state index in [1.54, 1.807) is 13.8 Å². The molecule has 10 heavy (non-hydrogen) atoms. The molecule has 0 atom stereocenters. The molecule has 0 saturated carbocycles. The third-order valence-corrected chi connectivity index (χ3v) is 1.27. The fourth-order valence-electron chi connectivity index (χ4n) is 0.707. The SMILES string of the molecule is CC(C)(CC=O)CC([N])=O. The van der Waals surface area contributed by atoms with E-state index in [0.717, 1.165) is 6.29 Å². The summed E-state index contributed by atoms with van der Waals surface area (Å²) >= 11 is 0. The first-order chi connectivity index (χ1) is 4.48. The highest BCUT2D eigenvalue weighted by Crippen LogP contribution is 2.22. The highest BCUT2D eigenvalue weighted by atomic mass is 16.1. The van der Waals surface area contributed by atoms with E-state index in [9.17, 15) is 9.59 Å². The first-order valence-corrected chi connectivity index (χ1v) is 3.13. The van der Waals surface area contributed by atoms with Crippen LogP contribution in [0.25, 0.3) is 0 Å². The van der Waals surface area contributed by atoms with Crippen LogP contribution in [0, 0.1) is 5.41 Å². The maximum absolute atomic E-state index is 10.2. The molecule has 0 aromatic rings. The zero-order valence-corrected chi connectivity index (χ0v) is 6.26. The molecule has 0 aromatic carbocycles. The van der Waals surface area contributed by atoms with Crippen molar-refractivity contribution in [2.45, 2.75) is 26.7 Å². The third kappa shape index (κ3) is 4.06. The average Bonchev–Trinajstić information content (AvgIpc) is 1.59. The Kier molecular flexibility index (Phi) is 3.06. The molecule has 0 unspecified atom stereocenters. The lowest BCUT2D eigenvalue weighted by Gasteiger charge is -2.17. The van der Waals surface area contributed by atoms with E-state index >= 15 is 0 Å². The van der Waals surface area contributed by atoms with Gasteiger partial charge in [-0.25, -0.2) is 0 Å². The van der Waals surface area contributed by atoms with Crippen molar-refractivity contribution in [1.82, 2.24) is 5.73 Å². The van der Waals surface area contributed by atoms with Crippen LogP contribution in [0.1, 0.15) is 26.7 Å². The quantitative estimate of drug-likeness (QED) is 0.538. The van der Waals surface area contributed by atoms with Crippen molar-refractivity contribution in [3.63, 3.8) is 0 Å². The van der Waals surface area contributed by atoms with Gasteiger partial charge in [0, 0.05) is 12.8 Å². The molecule has 56 valence electrons. The molecule has 0 fully saturated rings. The molecule has 0 aliphatic rings. The molecule has 0 aromatic heterocycles. The monoisotopic (exact) mass is 141 g/mol. The predicted octanol–water partition coefficient (Wildman–Crippen LogP) is 0.587. The Balaban J connectivity index is 3.85. The van der Waals surface area contributed by atoms with Gasteiger partial charge in [-0.1, -0.05) is 13.8 Å². The molecule has 0 aliphatic heterocycles. The number of aldehydes is 1. The van der Waals surface area contributed by atoms with E-state index in [4.69, 9.17) is 5.73 Å². The fourth-order valence-corrected chi connectivity index (χ4v) is 0.707. The molecule has 0 aliphatic carbocycles. The summed E-state index contributed by atoms with van der Waals surface area (Å²) in [5, 5.41) is 0. The normalized spacial score (nSPS) is 11.0. The van der Waals surface area contributed by atoms with Crippen LogP contribution in [0.4, 0.5) is 0 Å². The summed E-state index contributed by atoms with van der Waals surface area (Å²) in [4.78, 5) is 20.2. The van der Waals surface area contributed by atoms with E-state index in [1.807, 2.05) is 0 Å². The standard InChI is InChI=1S/C7H11NO2/c1-7(2,3-4-9)5-6(8)10/h4H,3,5H2,1-2H3. The topological polar surface area (TPSA) is 56.4 Å². The van der Waals surface area contributed by atoms with Gasteiger partial charge < -0.3 is 4.79 Å². The van der Waals surface area contributed by atoms with Gasteiger partial charge in [0.05, 0.1) is 0 Å². The van der Waals surface area contributed by atoms with Crippen molar-refractivity contribution < 1.29 is 9.59 Å². The smallest absolute Gasteiger partial charge is 0.265 e. The van der Waals surface area contributed by atoms with Crippen LogP contribution in [0.15, 0.2) is 0 Å². The minimum atomic E-state index is -0.855. The minimum absolute atomic E-state index is 0.0474. The molecule has 3 heteroatoms. The predicted molar refractivity (Wildman–Crippen MR) is 36.2 cm³/mol. The fraction of sp³-hybridized carbons (Fsp3) is 0.714. The second-order valence-corrected chi connectivity index (χ2v) is 3.11. The number of carbonyl (C=O) groups excluding carboxylic acids is 2. The molecular weight excluding hydrogens is 130 g/mol. The van der Waals surface area contributed by atoms with Gasteiger partial charge in [-0.2, -0.15) is 0 Å². The number of rotatable bonds is 4. The average molecular weight is 141 g/mol. The Bertz CT molecular complexity index is 141. The Morgan fingerprint density at radius 1 is 1.60 bits per heavy atom. The van der Waals surface area contributed by atoms with Crippen LogP contribution < -0.4 is 5.73 Å². The van der Waals surface area contributed by atoms with Crippen LogP contribution in [-0.2, 0) is 9.59 Å². The lowest BCUT2D eigenvalue weighted by molar-refractivity contribution is -0.121. The van der Waals surface area contributed by atoms with Gasteiger partial charge in [0.15, 0.2) is 0 Å². The van der Waals surface area contributed by atoms with E-state index in [2.05, 4.69) is 0 Å². The maximum Gasteiger partial charge on any atom is 0.265 e. The molecule has 0 bridgehead atoms. The highest BCUT2D eigenvalue weighted by molar-refractivity contribution is 5.74. The summed E-state index contributed by atoms with van der Waals surface area (Å²) in [7, 11) is 0. The molecule has 1 amide bonds. The van der Waals surface area contributed by atoms with Crippen LogP contribution in [-0.4, -0.2) is 12.2 Å². The molecular formula is C7H11NO2. The summed E-state index contributed by atoms with van der Waals surface area (Å²) in [5.41, 5.74) is 7.96. The van der Waals surface area contributed by atoms with E-state index in [-0.39, 0.29) is 6.42 Å². The molecule has 2 radical (unpaired) electrons. The maximum atomic E-state index is 10.2. The van der Waals surface area contributed by atoms with Crippen molar-refractivity contribution in [1.29, 1.82) is 0 Å². The van der Waals surface area contributed by atoms with Gasteiger partial charge >= 0.3 is 0 Å². The van der Waals surface area contributed by atoms with Crippen molar-refractivity contribution in [3.05, 3.63) is 0 Å². The number of hydrogen-bond acceptors (Lipinski definition) is 2. The van der Waals surface area contributed by atoms with Crippen LogP contribution in [0.5, 0.6) is 0 Å². The summed E-state index contributed by atoms with van der Waals surface area (Å²) in [5.74, 6) is -0.855. The van der Waals surface area contributed by atoms with Gasteiger partial charge in [-0.05, 0) is 5.41 Å². The summed E-state index contributed by atoms with van der Waals surface area (Å²) < 4.78 is 0. The Morgan fingerprint density at radius 2 is 2.10 bits per heavy atom. The highest BCUT2D eigenvalue weighted by Gasteiger charge is 2.20. The molecule has 0 rings (SSSR count). The van der Waals surface area contributed by atoms with Gasteiger partial charge in [0.2, 0.25) is 0 Å². The zero-order chi connectivity index (χ0) is 8.20. The Labute approximate surface area is 60.6 Å². The van der Waals surface area contributed by atoms with Crippen LogP contribution in [0.3, 0.4) is 0 Å². The minimum Gasteiger partial charge on any atom is -0.303 e. The van der Waals surface area contributed by atoms with Crippen LogP contribution >= 0.6 is 0 Å². The lowest BCUT2D eigenvalue weighted by atomic mass is 9.86. The summed E-state index contributed by atoms with van der Waals surface area (Å²) in [6.45, 7) is 3.52. The number of hydrogen-bond donors (Lipinski definition) is 0. The zero-order valence-electron chi connectivity index (χ0n) is 6.26. The molecule has 0 heterocycles. The number of carbonyl (C=O) groups is 2. The van der Waals surface area contributed by atoms with Gasteiger partial charge in [0.1, 0.15) is 6.29 Å². The molecule has 0 spiro atoms. The van der Waals surface area contributed by atoms with Gasteiger partial charge in [0.25, 0.3) is 5.91 Å². The second kappa shape index (κ2) is 3.34. The van der Waals surface area contributed by atoms with Crippen molar-refractivity contribution >= 4 is 12.2 Å². The first kappa shape index (κ1) is 9.14. The van der Waals surface area contributed by atoms with Crippen LogP contribution in [0.2, 0.25) is 0 Å². The van der Waals surface area contributed by atoms with Crippen molar-refractivity contribution in [2.75, 3.05) is 0 Å². The van der Waals surface area contributed by atoms with Gasteiger partial charge in [-0.15, -0.1) is 5.73 Å². The van der Waals surface area contributed by atoms with Crippen molar-refractivity contribution in [2.24, 2.45) is 5.41 Å². The Hall–Kier alpha value is -0.860. The molecule has 0 saturated heterocycles.